The zero-order valence-electron chi connectivity index (χ0n) is 10.5. The van der Waals surface area contributed by atoms with Gasteiger partial charge in [0.1, 0.15) is 17.3 Å². The smallest absolute Gasteiger partial charge is 0.134 e. The van der Waals surface area contributed by atoms with Crippen molar-refractivity contribution in [2.45, 2.75) is 19.8 Å². The lowest BCUT2D eigenvalue weighted by atomic mass is 9.98. The van der Waals surface area contributed by atoms with Gasteiger partial charge in [0.2, 0.25) is 0 Å². The summed E-state index contributed by atoms with van der Waals surface area (Å²) in [6.45, 7) is 4.01. The summed E-state index contributed by atoms with van der Waals surface area (Å²) >= 11 is 5.75. The van der Waals surface area contributed by atoms with Crippen LogP contribution in [0.15, 0.2) is 18.2 Å². The van der Waals surface area contributed by atoms with E-state index in [0.717, 1.165) is 5.56 Å². The van der Waals surface area contributed by atoms with E-state index in [2.05, 4.69) is 5.10 Å². The molecule has 2 N–H and O–H groups in total. The summed E-state index contributed by atoms with van der Waals surface area (Å²) in [7, 11) is 1.75. The van der Waals surface area contributed by atoms with Gasteiger partial charge in [0.15, 0.2) is 0 Å². The van der Waals surface area contributed by atoms with Crippen LogP contribution in [-0.4, -0.2) is 9.78 Å². The van der Waals surface area contributed by atoms with Crippen LogP contribution in [0, 0.1) is 5.82 Å². The molecule has 18 heavy (non-hydrogen) atoms. The first-order valence-corrected chi connectivity index (χ1v) is 6.07. The number of anilines is 1. The summed E-state index contributed by atoms with van der Waals surface area (Å²) in [6, 6.07) is 4.56. The molecule has 0 atom stereocenters. The van der Waals surface area contributed by atoms with Gasteiger partial charge in [0.25, 0.3) is 0 Å². The zero-order chi connectivity index (χ0) is 13.4. The van der Waals surface area contributed by atoms with E-state index in [9.17, 15) is 4.39 Å². The van der Waals surface area contributed by atoms with Crippen LogP contribution in [0.25, 0.3) is 11.3 Å². The maximum Gasteiger partial charge on any atom is 0.134 e. The van der Waals surface area contributed by atoms with Crippen LogP contribution >= 0.6 is 11.6 Å². The quantitative estimate of drug-likeness (QED) is 0.904. The molecule has 0 aliphatic carbocycles. The molecule has 0 aliphatic rings. The van der Waals surface area contributed by atoms with E-state index in [0.29, 0.717) is 22.1 Å². The molecule has 0 fully saturated rings. The lowest BCUT2D eigenvalue weighted by Gasteiger charge is -2.08. The average Bonchev–Trinajstić information content (AvgIpc) is 2.55. The fourth-order valence-electron chi connectivity index (χ4n) is 2.00. The van der Waals surface area contributed by atoms with E-state index in [1.54, 1.807) is 23.9 Å². The molecule has 3 nitrogen and oxygen atoms in total. The number of rotatable bonds is 2. The molecule has 0 aliphatic heterocycles. The van der Waals surface area contributed by atoms with Crippen LogP contribution in [0.5, 0.6) is 0 Å². The minimum atomic E-state index is -0.387. The van der Waals surface area contributed by atoms with Crippen LogP contribution in [0.2, 0.25) is 5.02 Å². The first-order valence-electron chi connectivity index (χ1n) is 5.69. The van der Waals surface area contributed by atoms with E-state index < -0.39 is 0 Å². The highest BCUT2D eigenvalue weighted by Gasteiger charge is 2.20. The van der Waals surface area contributed by atoms with Gasteiger partial charge in [0, 0.05) is 23.2 Å². The van der Waals surface area contributed by atoms with Crippen LogP contribution in [0.4, 0.5) is 10.2 Å². The van der Waals surface area contributed by atoms with E-state index in [4.69, 9.17) is 17.3 Å². The third-order valence-electron chi connectivity index (χ3n) is 2.89. The third-order valence-corrected chi connectivity index (χ3v) is 3.13. The van der Waals surface area contributed by atoms with Crippen molar-refractivity contribution >= 4 is 17.4 Å². The predicted octanol–water partition coefficient (Wildman–Crippen LogP) is 3.59. The summed E-state index contributed by atoms with van der Waals surface area (Å²) in [5, 5.41) is 4.67. The molecule has 2 rings (SSSR count). The van der Waals surface area contributed by atoms with Gasteiger partial charge in [-0.05, 0) is 24.1 Å². The van der Waals surface area contributed by atoms with Crippen LogP contribution < -0.4 is 5.73 Å². The van der Waals surface area contributed by atoms with Gasteiger partial charge in [-0.15, -0.1) is 0 Å². The normalized spacial score (nSPS) is 11.2. The summed E-state index contributed by atoms with van der Waals surface area (Å²) < 4.78 is 15.5. The molecule has 96 valence electrons. The first-order chi connectivity index (χ1) is 8.41. The topological polar surface area (TPSA) is 43.8 Å². The fraction of sp³-hybridized carbons (Fsp3) is 0.308. The average molecular weight is 268 g/mol. The number of hydrogen-bond donors (Lipinski definition) is 1. The van der Waals surface area contributed by atoms with Crippen molar-refractivity contribution in [1.29, 1.82) is 0 Å². The number of nitrogens with zero attached hydrogens (tertiary/aromatic N) is 2. The van der Waals surface area contributed by atoms with Gasteiger partial charge in [-0.3, -0.25) is 4.68 Å². The maximum atomic E-state index is 13.9. The van der Waals surface area contributed by atoms with Crippen LogP contribution in [0.1, 0.15) is 25.3 Å². The minimum Gasteiger partial charge on any atom is -0.384 e. The number of aromatic nitrogens is 2. The molecular weight excluding hydrogens is 253 g/mol. The molecule has 1 aromatic carbocycles. The summed E-state index contributed by atoms with van der Waals surface area (Å²) in [6.07, 6.45) is 0. The van der Waals surface area contributed by atoms with Gasteiger partial charge in [-0.2, -0.15) is 5.10 Å². The molecule has 0 saturated carbocycles. The van der Waals surface area contributed by atoms with Crippen molar-refractivity contribution in [3.63, 3.8) is 0 Å². The highest BCUT2D eigenvalue weighted by Crippen LogP contribution is 2.34. The van der Waals surface area contributed by atoms with Crippen LogP contribution in [0.3, 0.4) is 0 Å². The number of halogens is 2. The second kappa shape index (κ2) is 4.61. The highest BCUT2D eigenvalue weighted by molar-refractivity contribution is 6.30. The predicted molar refractivity (Wildman–Crippen MR) is 72.1 cm³/mol. The minimum absolute atomic E-state index is 0.170. The molecule has 0 spiro atoms. The molecule has 0 amide bonds. The van der Waals surface area contributed by atoms with E-state index in [1.165, 1.54) is 6.07 Å². The fourth-order valence-corrected chi connectivity index (χ4v) is 2.16. The van der Waals surface area contributed by atoms with Gasteiger partial charge < -0.3 is 5.73 Å². The summed E-state index contributed by atoms with van der Waals surface area (Å²) in [4.78, 5) is 0. The Kier molecular flexibility index (Phi) is 3.30. The largest absolute Gasteiger partial charge is 0.384 e. The summed E-state index contributed by atoms with van der Waals surface area (Å²) in [5.74, 6) is 0.348. The van der Waals surface area contributed by atoms with Gasteiger partial charge >= 0.3 is 0 Å². The molecule has 1 heterocycles. The van der Waals surface area contributed by atoms with Crippen molar-refractivity contribution < 1.29 is 4.39 Å². The summed E-state index contributed by atoms with van der Waals surface area (Å²) in [5.41, 5.74) is 7.84. The van der Waals surface area contributed by atoms with Crippen molar-refractivity contribution in [2.75, 3.05) is 5.73 Å². The van der Waals surface area contributed by atoms with Crippen molar-refractivity contribution in [3.05, 3.63) is 34.6 Å². The maximum absolute atomic E-state index is 13.9. The molecular formula is C13H15ClFN3. The van der Waals surface area contributed by atoms with E-state index >= 15 is 0 Å². The Labute approximate surface area is 110 Å². The molecule has 0 bridgehead atoms. The molecule has 1 aromatic heterocycles. The third kappa shape index (κ3) is 2.08. The number of nitrogen functional groups attached to an aromatic ring is 1. The number of aryl methyl sites for hydroxylation is 1. The molecule has 0 unspecified atom stereocenters. The Bertz CT molecular complexity index is 590. The first kappa shape index (κ1) is 12.9. The van der Waals surface area contributed by atoms with Gasteiger partial charge in [0.05, 0.1) is 0 Å². The van der Waals surface area contributed by atoms with E-state index in [1.807, 2.05) is 13.8 Å². The second-order valence-electron chi connectivity index (χ2n) is 4.55. The van der Waals surface area contributed by atoms with Crippen LogP contribution in [-0.2, 0) is 7.05 Å². The second-order valence-corrected chi connectivity index (χ2v) is 4.99. The number of nitrogens with two attached hydrogens (primary N) is 1. The van der Waals surface area contributed by atoms with E-state index in [-0.39, 0.29) is 11.7 Å². The Balaban J connectivity index is 2.67. The standard InChI is InChI=1S/C13H15ClFN3/c1-7(2)11-12(17-18(3)13(11)16)9-5-4-8(14)6-10(9)15/h4-7H,16H2,1-3H3. The Morgan fingerprint density at radius 3 is 2.61 bits per heavy atom. The zero-order valence-corrected chi connectivity index (χ0v) is 11.3. The SMILES string of the molecule is CC(C)c1c(-c2ccc(Cl)cc2F)nn(C)c1N. The highest BCUT2D eigenvalue weighted by atomic mass is 35.5. The van der Waals surface area contributed by atoms with Crippen molar-refractivity contribution in [1.82, 2.24) is 9.78 Å². The molecule has 0 radical (unpaired) electrons. The molecule has 5 heteroatoms. The van der Waals surface area contributed by atoms with Gasteiger partial charge in [-0.25, -0.2) is 4.39 Å². The number of hydrogen-bond acceptors (Lipinski definition) is 2. The molecule has 2 aromatic rings. The van der Waals surface area contributed by atoms with Gasteiger partial charge in [-0.1, -0.05) is 25.4 Å². The lowest BCUT2D eigenvalue weighted by Crippen LogP contribution is -2.00. The molecule has 0 saturated heterocycles. The lowest BCUT2D eigenvalue weighted by molar-refractivity contribution is 0.629. The van der Waals surface area contributed by atoms with Crippen molar-refractivity contribution in [2.24, 2.45) is 7.05 Å². The Morgan fingerprint density at radius 2 is 2.06 bits per heavy atom. The number of benzene rings is 1. The van der Waals surface area contributed by atoms with Crippen molar-refractivity contribution in [3.8, 4) is 11.3 Å². The monoisotopic (exact) mass is 267 g/mol. The Hall–Kier alpha value is -1.55. The Morgan fingerprint density at radius 1 is 1.39 bits per heavy atom.